The lowest BCUT2D eigenvalue weighted by Gasteiger charge is -2.14. The van der Waals surface area contributed by atoms with Crippen LogP contribution in [0.25, 0.3) is 0 Å². The van der Waals surface area contributed by atoms with Crippen molar-refractivity contribution < 1.29 is 13.2 Å². The Morgan fingerprint density at radius 1 is 1.32 bits per heavy atom. The topological polar surface area (TPSA) is 55.4 Å². The Balaban J connectivity index is 2.50. The summed E-state index contributed by atoms with van der Waals surface area (Å²) < 4.78 is 31.2. The Labute approximate surface area is 120 Å². The van der Waals surface area contributed by atoms with Crippen molar-refractivity contribution in [1.29, 1.82) is 0 Å². The van der Waals surface area contributed by atoms with E-state index in [2.05, 4.69) is 4.72 Å². The van der Waals surface area contributed by atoms with Crippen molar-refractivity contribution in [2.24, 2.45) is 0 Å². The molecule has 2 atom stereocenters. The molecule has 0 aliphatic heterocycles. The fourth-order valence-electron chi connectivity index (χ4n) is 1.72. The Morgan fingerprint density at radius 3 is 2.53 bits per heavy atom. The van der Waals surface area contributed by atoms with E-state index in [1.807, 2.05) is 37.3 Å². The van der Waals surface area contributed by atoms with Crippen LogP contribution < -0.4 is 4.72 Å². The number of alkyl halides is 1. The largest absolute Gasteiger partial charge is 0.383 e. The molecule has 0 amide bonds. The molecule has 0 spiro atoms. The van der Waals surface area contributed by atoms with E-state index in [9.17, 15) is 8.42 Å². The fourth-order valence-corrected chi connectivity index (χ4v) is 3.44. The normalized spacial score (nSPS) is 15.1. The molecule has 1 aromatic rings. The zero-order valence-electron chi connectivity index (χ0n) is 11.2. The van der Waals surface area contributed by atoms with Crippen LogP contribution in [0.15, 0.2) is 30.3 Å². The average Bonchev–Trinajstić information content (AvgIpc) is 2.37. The van der Waals surface area contributed by atoms with Crippen LogP contribution in [0.3, 0.4) is 0 Å². The molecule has 108 valence electrons. The van der Waals surface area contributed by atoms with E-state index in [0.717, 1.165) is 5.56 Å². The van der Waals surface area contributed by atoms with Gasteiger partial charge in [0.05, 0.1) is 17.7 Å². The van der Waals surface area contributed by atoms with Crippen molar-refractivity contribution in [3.8, 4) is 0 Å². The molecule has 2 unspecified atom stereocenters. The van der Waals surface area contributed by atoms with Crippen LogP contribution >= 0.6 is 11.6 Å². The zero-order chi connectivity index (χ0) is 14.3. The van der Waals surface area contributed by atoms with Crippen molar-refractivity contribution in [3.63, 3.8) is 0 Å². The third-order valence-electron chi connectivity index (χ3n) is 2.71. The van der Waals surface area contributed by atoms with Crippen LogP contribution in [0.2, 0.25) is 0 Å². The molecule has 0 aliphatic carbocycles. The molecule has 0 fully saturated rings. The molecule has 4 nitrogen and oxygen atoms in total. The Bertz CT molecular complexity index is 464. The number of hydrogen-bond donors (Lipinski definition) is 1. The first-order valence-corrected chi connectivity index (χ1v) is 8.18. The summed E-state index contributed by atoms with van der Waals surface area (Å²) in [5.41, 5.74) is 1.01. The van der Waals surface area contributed by atoms with Crippen molar-refractivity contribution >= 4 is 21.6 Å². The van der Waals surface area contributed by atoms with Crippen LogP contribution in [-0.4, -0.2) is 39.8 Å². The first kappa shape index (κ1) is 16.4. The molecule has 0 aliphatic rings. The van der Waals surface area contributed by atoms with E-state index in [1.54, 1.807) is 0 Å². The molecule has 0 radical (unpaired) electrons. The molecule has 6 heteroatoms. The second-order valence-electron chi connectivity index (χ2n) is 4.49. The van der Waals surface area contributed by atoms with Gasteiger partial charge in [-0.15, -0.1) is 11.6 Å². The summed E-state index contributed by atoms with van der Waals surface area (Å²) in [6.07, 6.45) is 0. The predicted octanol–water partition coefficient (Wildman–Crippen LogP) is 1.96. The minimum Gasteiger partial charge on any atom is -0.383 e. The van der Waals surface area contributed by atoms with Gasteiger partial charge in [0, 0.05) is 13.7 Å². The van der Waals surface area contributed by atoms with Crippen molar-refractivity contribution in [3.05, 3.63) is 35.9 Å². The van der Waals surface area contributed by atoms with Gasteiger partial charge in [-0.1, -0.05) is 37.3 Å². The SMILES string of the molecule is COCC(Cl)CNS(=O)(=O)CC(C)c1ccccc1. The molecular weight excluding hydrogens is 286 g/mol. The fraction of sp³-hybridized carbons (Fsp3) is 0.538. The number of methoxy groups -OCH3 is 1. The van der Waals surface area contributed by atoms with Gasteiger partial charge in [-0.3, -0.25) is 0 Å². The van der Waals surface area contributed by atoms with E-state index in [4.69, 9.17) is 16.3 Å². The van der Waals surface area contributed by atoms with Crippen molar-refractivity contribution in [1.82, 2.24) is 4.72 Å². The van der Waals surface area contributed by atoms with Crippen LogP contribution in [0.5, 0.6) is 0 Å². The molecule has 1 aromatic carbocycles. The lowest BCUT2D eigenvalue weighted by Crippen LogP contribution is -2.34. The summed E-state index contributed by atoms with van der Waals surface area (Å²) >= 11 is 5.89. The van der Waals surface area contributed by atoms with Crippen LogP contribution in [0.4, 0.5) is 0 Å². The molecule has 1 rings (SSSR count). The maximum atomic E-state index is 11.9. The number of sulfonamides is 1. The molecule has 0 bridgehead atoms. The monoisotopic (exact) mass is 305 g/mol. The van der Waals surface area contributed by atoms with Gasteiger partial charge >= 0.3 is 0 Å². The van der Waals surface area contributed by atoms with Crippen LogP contribution in [0, 0.1) is 0 Å². The van der Waals surface area contributed by atoms with E-state index in [1.165, 1.54) is 7.11 Å². The van der Waals surface area contributed by atoms with Gasteiger partial charge in [-0.25, -0.2) is 13.1 Å². The molecular formula is C13H20ClNO3S. The summed E-state index contributed by atoms with van der Waals surface area (Å²) in [5.74, 6) is -0.0111. The van der Waals surface area contributed by atoms with Gasteiger partial charge in [-0.2, -0.15) is 0 Å². The Hall–Kier alpha value is -0.620. The number of ether oxygens (including phenoxy) is 1. The second-order valence-corrected chi connectivity index (χ2v) is 6.96. The third kappa shape index (κ3) is 6.38. The number of halogens is 1. The molecule has 1 N–H and O–H groups in total. The summed E-state index contributed by atoms with van der Waals surface area (Å²) in [6, 6.07) is 9.56. The highest BCUT2D eigenvalue weighted by atomic mass is 35.5. The van der Waals surface area contributed by atoms with Gasteiger partial charge in [0.15, 0.2) is 0 Å². The summed E-state index contributed by atoms with van der Waals surface area (Å²) in [6.45, 7) is 2.39. The first-order valence-electron chi connectivity index (χ1n) is 6.10. The van der Waals surface area contributed by atoms with E-state index < -0.39 is 10.0 Å². The molecule has 0 saturated carbocycles. The lowest BCUT2D eigenvalue weighted by atomic mass is 10.0. The van der Waals surface area contributed by atoms with Gasteiger partial charge in [-0.05, 0) is 11.5 Å². The summed E-state index contributed by atoms with van der Waals surface area (Å²) in [4.78, 5) is 0. The molecule has 0 heterocycles. The molecule has 19 heavy (non-hydrogen) atoms. The highest BCUT2D eigenvalue weighted by molar-refractivity contribution is 7.89. The van der Waals surface area contributed by atoms with Crippen LogP contribution in [-0.2, 0) is 14.8 Å². The lowest BCUT2D eigenvalue weighted by molar-refractivity contribution is 0.198. The predicted molar refractivity (Wildman–Crippen MR) is 78.2 cm³/mol. The Morgan fingerprint density at radius 2 is 1.95 bits per heavy atom. The van der Waals surface area contributed by atoms with Crippen molar-refractivity contribution in [2.45, 2.75) is 18.2 Å². The van der Waals surface area contributed by atoms with Gasteiger partial charge in [0.2, 0.25) is 10.0 Å². The number of nitrogens with one attached hydrogen (secondary N) is 1. The van der Waals surface area contributed by atoms with E-state index in [-0.39, 0.29) is 23.6 Å². The summed E-state index contributed by atoms with van der Waals surface area (Å²) in [7, 11) is -1.80. The molecule has 0 aromatic heterocycles. The van der Waals surface area contributed by atoms with Crippen LogP contribution in [0.1, 0.15) is 18.4 Å². The highest BCUT2D eigenvalue weighted by Crippen LogP contribution is 2.16. The second kappa shape index (κ2) is 7.85. The van der Waals surface area contributed by atoms with Crippen molar-refractivity contribution in [2.75, 3.05) is 26.0 Å². The van der Waals surface area contributed by atoms with Gasteiger partial charge in [0.1, 0.15) is 0 Å². The van der Waals surface area contributed by atoms with E-state index >= 15 is 0 Å². The number of hydrogen-bond acceptors (Lipinski definition) is 3. The third-order valence-corrected chi connectivity index (χ3v) is 4.54. The van der Waals surface area contributed by atoms with E-state index in [0.29, 0.717) is 6.61 Å². The first-order chi connectivity index (χ1) is 8.94. The minimum atomic E-state index is -3.33. The Kier molecular flexibility index (Phi) is 6.79. The smallest absolute Gasteiger partial charge is 0.212 e. The quantitative estimate of drug-likeness (QED) is 0.747. The highest BCUT2D eigenvalue weighted by Gasteiger charge is 2.18. The van der Waals surface area contributed by atoms with Gasteiger partial charge < -0.3 is 4.74 Å². The minimum absolute atomic E-state index is 0.0492. The van der Waals surface area contributed by atoms with Gasteiger partial charge in [0.25, 0.3) is 0 Å². The standard InChI is InChI=1S/C13H20ClNO3S/c1-11(12-6-4-3-5-7-12)10-19(16,17)15-8-13(14)9-18-2/h3-7,11,13,15H,8-10H2,1-2H3. The maximum Gasteiger partial charge on any atom is 0.212 e. The summed E-state index contributed by atoms with van der Waals surface area (Å²) in [5, 5.41) is -0.355. The zero-order valence-corrected chi connectivity index (χ0v) is 12.7. The maximum absolute atomic E-state index is 11.9. The number of rotatable bonds is 8. The number of benzene rings is 1. The average molecular weight is 306 g/mol. The molecule has 0 saturated heterocycles.